The van der Waals surface area contributed by atoms with E-state index in [4.69, 9.17) is 16.3 Å². The van der Waals surface area contributed by atoms with Gasteiger partial charge in [0.2, 0.25) is 5.91 Å². The van der Waals surface area contributed by atoms with Gasteiger partial charge in [-0.1, -0.05) is 60.1 Å². The molecule has 2 bridgehead atoms. The first-order valence-electron chi connectivity index (χ1n) is 13.2. The number of hydrogen-bond acceptors (Lipinski definition) is 5. The molecule has 2 aromatic carbocycles. The molecule has 206 valence electrons. The molecule has 3 fully saturated rings. The number of aliphatic hydroxyl groups excluding tert-OH is 1. The van der Waals surface area contributed by atoms with E-state index in [-0.39, 0.29) is 13.0 Å². The van der Waals surface area contributed by atoms with E-state index in [9.17, 15) is 24.6 Å². The molecule has 8 nitrogen and oxygen atoms in total. The van der Waals surface area contributed by atoms with Crippen molar-refractivity contribution >= 4 is 35.1 Å². The van der Waals surface area contributed by atoms with Crippen molar-refractivity contribution in [1.29, 1.82) is 0 Å². The topological polar surface area (TPSA) is 107 Å². The second-order valence-corrected chi connectivity index (χ2v) is 11.4. The van der Waals surface area contributed by atoms with Crippen LogP contribution in [0.1, 0.15) is 30.9 Å². The number of aryl methyl sites for hydroxylation is 1. The van der Waals surface area contributed by atoms with Gasteiger partial charge in [-0.15, -0.1) is 6.58 Å². The third-order valence-corrected chi connectivity index (χ3v) is 8.97. The lowest BCUT2D eigenvalue weighted by atomic mass is 9.66. The number of rotatable bonds is 9. The molecule has 6 atom stereocenters. The summed E-state index contributed by atoms with van der Waals surface area (Å²) in [6.07, 6.45) is 2.62. The van der Waals surface area contributed by atoms with Crippen molar-refractivity contribution in [2.75, 3.05) is 18.1 Å². The molecule has 2 N–H and O–H groups in total. The van der Waals surface area contributed by atoms with Crippen LogP contribution in [0, 0.1) is 18.8 Å². The number of anilines is 1. The maximum Gasteiger partial charge on any atom is 0.310 e. The number of carbonyl (C=O) groups is 3. The van der Waals surface area contributed by atoms with Gasteiger partial charge in [-0.25, -0.2) is 0 Å². The van der Waals surface area contributed by atoms with Crippen LogP contribution in [0.2, 0.25) is 5.02 Å². The summed E-state index contributed by atoms with van der Waals surface area (Å²) in [4.78, 5) is 44.4. The van der Waals surface area contributed by atoms with Crippen LogP contribution in [0.5, 0.6) is 0 Å². The number of fused-ring (bicyclic) bond motifs is 1. The van der Waals surface area contributed by atoms with E-state index in [2.05, 4.69) is 6.58 Å². The molecule has 5 rings (SSSR count). The van der Waals surface area contributed by atoms with Crippen molar-refractivity contribution < 1.29 is 29.3 Å². The zero-order chi connectivity index (χ0) is 28.1. The Morgan fingerprint density at radius 3 is 2.56 bits per heavy atom. The molecule has 0 aromatic heterocycles. The Bertz CT molecular complexity index is 1300. The van der Waals surface area contributed by atoms with Gasteiger partial charge in [0.1, 0.15) is 11.6 Å². The highest BCUT2D eigenvalue weighted by molar-refractivity contribution is 6.34. The summed E-state index contributed by atoms with van der Waals surface area (Å²) in [6, 6.07) is 12.8. The summed E-state index contributed by atoms with van der Waals surface area (Å²) in [6.45, 7) is 7.09. The maximum atomic E-state index is 14.7. The standard InChI is InChI=1S/C30H33ClN2O6/c1-4-15-32(24-18(2)9-8-12-21(24)31)27(36)25-30-14-13-29(3,39-30)23(28(37)38)22(30)26(35)33(25)20(17-34)16-19-10-6-5-7-11-19/h4-12,20,22-23,25,34H,1,13-17H2,2-3H3,(H,37,38)/t20-,22+,23-,25?,29+,30?/m1/s1. The Morgan fingerprint density at radius 2 is 1.95 bits per heavy atom. The van der Waals surface area contributed by atoms with Crippen molar-refractivity contribution in [3.8, 4) is 0 Å². The average Bonchev–Trinajstić information content (AvgIpc) is 3.47. The number of hydrogen-bond donors (Lipinski definition) is 2. The zero-order valence-electron chi connectivity index (χ0n) is 22.0. The first kappa shape index (κ1) is 27.4. The highest BCUT2D eigenvalue weighted by atomic mass is 35.5. The molecule has 2 unspecified atom stereocenters. The predicted molar refractivity (Wildman–Crippen MR) is 146 cm³/mol. The van der Waals surface area contributed by atoms with E-state index in [1.165, 1.54) is 9.80 Å². The molecule has 3 aliphatic heterocycles. The molecule has 1 spiro atoms. The Hall–Kier alpha value is -3.20. The average molecular weight is 553 g/mol. The van der Waals surface area contributed by atoms with Crippen LogP contribution < -0.4 is 4.90 Å². The van der Waals surface area contributed by atoms with Crippen molar-refractivity contribution in [1.82, 2.24) is 4.90 Å². The van der Waals surface area contributed by atoms with E-state index in [1.807, 2.05) is 43.3 Å². The van der Waals surface area contributed by atoms with Crippen molar-refractivity contribution in [3.63, 3.8) is 0 Å². The summed E-state index contributed by atoms with van der Waals surface area (Å²) in [5.74, 6) is -4.20. The fraction of sp³-hybridized carbons (Fsp3) is 0.433. The number of halogens is 1. The largest absolute Gasteiger partial charge is 0.481 e. The number of carboxylic acids is 1. The highest BCUT2D eigenvalue weighted by Gasteiger charge is 2.79. The normalized spacial score (nSPS) is 29.8. The number of para-hydroxylation sites is 1. The van der Waals surface area contributed by atoms with Gasteiger partial charge in [0.25, 0.3) is 5.91 Å². The molecule has 9 heteroatoms. The Kier molecular flexibility index (Phi) is 7.07. The van der Waals surface area contributed by atoms with E-state index < -0.39 is 59.5 Å². The Balaban J connectivity index is 1.66. The summed E-state index contributed by atoms with van der Waals surface area (Å²) in [5, 5.41) is 21.1. The van der Waals surface area contributed by atoms with E-state index in [0.717, 1.165) is 11.1 Å². The first-order chi connectivity index (χ1) is 18.6. The molecular formula is C30H33ClN2O6. The van der Waals surface area contributed by atoms with Gasteiger partial charge in [-0.05, 0) is 50.3 Å². The smallest absolute Gasteiger partial charge is 0.310 e. The fourth-order valence-electron chi connectivity index (χ4n) is 7.08. The van der Waals surface area contributed by atoms with Crippen LogP contribution in [-0.4, -0.2) is 69.3 Å². The maximum absolute atomic E-state index is 14.7. The number of nitrogens with zero attached hydrogens (tertiary/aromatic N) is 2. The monoisotopic (exact) mass is 552 g/mol. The minimum absolute atomic E-state index is 0.116. The number of amides is 2. The van der Waals surface area contributed by atoms with Crippen LogP contribution in [0.15, 0.2) is 61.2 Å². The van der Waals surface area contributed by atoms with Crippen LogP contribution >= 0.6 is 11.6 Å². The van der Waals surface area contributed by atoms with E-state index in [0.29, 0.717) is 23.6 Å². The zero-order valence-corrected chi connectivity index (χ0v) is 22.8. The molecule has 3 heterocycles. The number of aliphatic hydroxyl groups is 1. The molecular weight excluding hydrogens is 520 g/mol. The predicted octanol–water partition coefficient (Wildman–Crippen LogP) is 3.62. The van der Waals surface area contributed by atoms with Crippen LogP contribution in [0.4, 0.5) is 5.69 Å². The van der Waals surface area contributed by atoms with Crippen molar-refractivity contribution in [2.24, 2.45) is 11.8 Å². The summed E-state index contributed by atoms with van der Waals surface area (Å²) in [5.41, 5.74) is -0.285. The van der Waals surface area contributed by atoms with Gasteiger partial charge >= 0.3 is 5.97 Å². The third-order valence-electron chi connectivity index (χ3n) is 8.67. The molecule has 39 heavy (non-hydrogen) atoms. The minimum Gasteiger partial charge on any atom is -0.481 e. The van der Waals surface area contributed by atoms with Gasteiger partial charge in [0.15, 0.2) is 0 Å². The number of benzene rings is 2. The number of aliphatic carboxylic acids is 1. The fourth-order valence-corrected chi connectivity index (χ4v) is 7.41. The Morgan fingerprint density at radius 1 is 1.23 bits per heavy atom. The van der Waals surface area contributed by atoms with Gasteiger partial charge in [-0.3, -0.25) is 14.4 Å². The molecule has 2 aromatic rings. The van der Waals surface area contributed by atoms with Crippen molar-refractivity contribution in [3.05, 3.63) is 77.3 Å². The number of carboxylic acid groups (broad SMARTS) is 1. The molecule has 3 aliphatic rings. The molecule has 0 aliphatic carbocycles. The van der Waals surface area contributed by atoms with E-state index in [1.54, 1.807) is 25.1 Å². The lowest BCUT2D eigenvalue weighted by Gasteiger charge is -2.40. The Labute approximate surface area is 232 Å². The summed E-state index contributed by atoms with van der Waals surface area (Å²) >= 11 is 6.59. The van der Waals surface area contributed by atoms with Crippen LogP contribution in [0.25, 0.3) is 0 Å². The molecule has 0 radical (unpaired) electrons. The second kappa shape index (κ2) is 10.1. The number of ether oxygens (including phenoxy) is 1. The van der Waals surface area contributed by atoms with Gasteiger partial charge < -0.3 is 24.7 Å². The van der Waals surface area contributed by atoms with Crippen LogP contribution in [-0.2, 0) is 25.5 Å². The van der Waals surface area contributed by atoms with Gasteiger partial charge in [0, 0.05) is 6.54 Å². The molecule has 0 saturated carbocycles. The SMILES string of the molecule is C=CCN(C(=O)C1N([C@@H](CO)Cc2ccccc2)C(=O)[C@@H]2[C@H](C(=O)O)[C@]3(C)CCC12O3)c1c(C)cccc1Cl. The minimum atomic E-state index is -1.34. The van der Waals surface area contributed by atoms with Gasteiger partial charge in [-0.2, -0.15) is 0 Å². The number of likely N-dealkylation sites (tertiary alicyclic amines) is 1. The summed E-state index contributed by atoms with van der Waals surface area (Å²) < 4.78 is 6.52. The first-order valence-corrected chi connectivity index (χ1v) is 13.5. The molecule has 3 saturated heterocycles. The number of carbonyl (C=O) groups excluding carboxylic acids is 2. The second-order valence-electron chi connectivity index (χ2n) is 11.0. The third kappa shape index (κ3) is 4.17. The summed E-state index contributed by atoms with van der Waals surface area (Å²) in [7, 11) is 0. The van der Waals surface area contributed by atoms with Gasteiger partial charge in [0.05, 0.1) is 40.8 Å². The molecule has 2 amide bonds. The lowest BCUT2D eigenvalue weighted by molar-refractivity contribution is -0.155. The highest BCUT2D eigenvalue weighted by Crippen LogP contribution is 2.63. The van der Waals surface area contributed by atoms with Crippen molar-refractivity contribution in [2.45, 2.75) is 56.4 Å². The van der Waals surface area contributed by atoms with E-state index >= 15 is 0 Å². The quantitative estimate of drug-likeness (QED) is 0.460. The lowest BCUT2D eigenvalue weighted by Crippen LogP contribution is -2.59. The van der Waals surface area contributed by atoms with Crippen LogP contribution in [0.3, 0.4) is 0 Å².